The Balaban J connectivity index is 1.72. The van der Waals surface area contributed by atoms with E-state index in [0.717, 1.165) is 13.0 Å². The first-order valence-corrected chi connectivity index (χ1v) is 6.57. The van der Waals surface area contributed by atoms with Crippen LogP contribution in [0.3, 0.4) is 0 Å². The molecule has 0 unspecified atom stereocenters. The first kappa shape index (κ1) is 11.2. The first-order valence-electron chi connectivity index (χ1n) is 6.57. The van der Waals surface area contributed by atoms with Gasteiger partial charge in [-0.15, -0.1) is 0 Å². The van der Waals surface area contributed by atoms with Gasteiger partial charge in [0.25, 0.3) is 0 Å². The first-order chi connectivity index (χ1) is 8.22. The van der Waals surface area contributed by atoms with E-state index in [1.807, 2.05) is 7.11 Å². The van der Waals surface area contributed by atoms with Crippen LogP contribution in [0.15, 0.2) is 24.3 Å². The lowest BCUT2D eigenvalue weighted by Crippen LogP contribution is -2.20. The van der Waals surface area contributed by atoms with Crippen LogP contribution in [0.5, 0.6) is 0 Å². The molecule has 2 saturated carbocycles. The van der Waals surface area contributed by atoms with Gasteiger partial charge in [0.05, 0.1) is 5.60 Å². The van der Waals surface area contributed by atoms with E-state index in [1.54, 1.807) is 0 Å². The van der Waals surface area contributed by atoms with Crippen molar-refractivity contribution >= 4 is 0 Å². The molecule has 0 saturated heterocycles. The number of nitrogens with two attached hydrogens (primary N) is 1. The van der Waals surface area contributed by atoms with Gasteiger partial charge in [-0.1, -0.05) is 24.3 Å². The molecule has 0 spiro atoms. The Morgan fingerprint density at radius 3 is 2.18 bits per heavy atom. The minimum Gasteiger partial charge on any atom is -0.378 e. The van der Waals surface area contributed by atoms with Crippen LogP contribution >= 0.6 is 0 Å². The zero-order chi connectivity index (χ0) is 11.9. The van der Waals surface area contributed by atoms with Crippen molar-refractivity contribution in [2.45, 2.75) is 43.1 Å². The van der Waals surface area contributed by atoms with Crippen molar-refractivity contribution in [2.75, 3.05) is 13.7 Å². The van der Waals surface area contributed by atoms with E-state index in [2.05, 4.69) is 24.3 Å². The average Bonchev–Trinajstić information content (AvgIpc) is 3.26. The fourth-order valence-electron chi connectivity index (χ4n) is 2.70. The molecule has 0 bridgehead atoms. The molecular formula is C15H21NO. The summed E-state index contributed by atoms with van der Waals surface area (Å²) in [6.07, 6.45) is 5.98. The largest absolute Gasteiger partial charge is 0.378 e. The van der Waals surface area contributed by atoms with Crippen molar-refractivity contribution in [3.05, 3.63) is 35.4 Å². The van der Waals surface area contributed by atoms with E-state index in [1.165, 1.54) is 36.8 Å². The lowest BCUT2D eigenvalue weighted by atomic mass is 9.94. The predicted octanol–water partition coefficient (Wildman–Crippen LogP) is 2.40. The minimum absolute atomic E-state index is 0.159. The van der Waals surface area contributed by atoms with E-state index in [9.17, 15) is 0 Å². The summed E-state index contributed by atoms with van der Waals surface area (Å²) in [5.41, 5.74) is 9.14. The molecule has 0 aliphatic heterocycles. The number of benzene rings is 1. The second-order valence-electron chi connectivity index (χ2n) is 5.75. The van der Waals surface area contributed by atoms with Gasteiger partial charge in [-0.2, -0.15) is 0 Å². The highest BCUT2D eigenvalue weighted by Crippen LogP contribution is 2.47. The van der Waals surface area contributed by atoms with Crippen LogP contribution in [0.1, 0.15) is 36.8 Å². The molecule has 92 valence electrons. The Hall–Kier alpha value is -0.860. The number of rotatable bonds is 5. The molecular weight excluding hydrogens is 210 g/mol. The predicted molar refractivity (Wildman–Crippen MR) is 69.1 cm³/mol. The van der Waals surface area contributed by atoms with Crippen molar-refractivity contribution in [3.8, 4) is 0 Å². The summed E-state index contributed by atoms with van der Waals surface area (Å²) in [7, 11) is 1.83. The third-order valence-corrected chi connectivity index (χ3v) is 4.58. The number of ether oxygens (including phenoxy) is 1. The number of hydrogen-bond donors (Lipinski definition) is 1. The van der Waals surface area contributed by atoms with Crippen molar-refractivity contribution in [1.29, 1.82) is 0 Å². The van der Waals surface area contributed by atoms with Gasteiger partial charge >= 0.3 is 0 Å². The molecule has 1 aromatic rings. The maximum absolute atomic E-state index is 5.85. The summed E-state index contributed by atoms with van der Waals surface area (Å²) in [4.78, 5) is 0. The van der Waals surface area contributed by atoms with Crippen molar-refractivity contribution in [2.24, 2.45) is 5.73 Å². The van der Waals surface area contributed by atoms with E-state index in [-0.39, 0.29) is 5.60 Å². The van der Waals surface area contributed by atoms with Crippen LogP contribution < -0.4 is 5.73 Å². The molecule has 0 amide bonds. The molecule has 2 aliphatic carbocycles. The van der Waals surface area contributed by atoms with Gasteiger partial charge in [-0.3, -0.25) is 0 Å². The normalized spacial score (nSPS) is 23.4. The number of hydrogen-bond acceptors (Lipinski definition) is 2. The lowest BCUT2D eigenvalue weighted by molar-refractivity contribution is 0.0807. The Morgan fingerprint density at radius 2 is 1.76 bits per heavy atom. The van der Waals surface area contributed by atoms with Gasteiger partial charge in [0.1, 0.15) is 0 Å². The van der Waals surface area contributed by atoms with Gasteiger partial charge < -0.3 is 10.5 Å². The lowest BCUT2D eigenvalue weighted by Gasteiger charge is -2.16. The average molecular weight is 231 g/mol. The molecule has 2 fully saturated rings. The SMILES string of the molecule is COC1(Cc2ccc(C3(CN)CC3)cc2)CC1. The van der Waals surface area contributed by atoms with Crippen LogP contribution in [0.4, 0.5) is 0 Å². The van der Waals surface area contributed by atoms with Gasteiger partial charge in [-0.25, -0.2) is 0 Å². The topological polar surface area (TPSA) is 35.2 Å². The summed E-state index contributed by atoms with van der Waals surface area (Å²) >= 11 is 0. The van der Waals surface area contributed by atoms with Crippen LogP contribution in [0, 0.1) is 0 Å². The van der Waals surface area contributed by atoms with Crippen LogP contribution in [0.2, 0.25) is 0 Å². The minimum atomic E-state index is 0.159. The third-order valence-electron chi connectivity index (χ3n) is 4.58. The van der Waals surface area contributed by atoms with Crippen LogP contribution in [-0.4, -0.2) is 19.3 Å². The van der Waals surface area contributed by atoms with E-state index >= 15 is 0 Å². The molecule has 0 radical (unpaired) electrons. The molecule has 0 heterocycles. The summed E-state index contributed by atoms with van der Waals surface area (Å²) in [5.74, 6) is 0. The Bertz CT molecular complexity index is 401. The monoisotopic (exact) mass is 231 g/mol. The van der Waals surface area contributed by atoms with Crippen molar-refractivity contribution in [1.82, 2.24) is 0 Å². The van der Waals surface area contributed by atoms with E-state index < -0.39 is 0 Å². The zero-order valence-electron chi connectivity index (χ0n) is 10.5. The Labute approximate surface area is 103 Å². The van der Waals surface area contributed by atoms with Crippen molar-refractivity contribution < 1.29 is 4.74 Å². The summed E-state index contributed by atoms with van der Waals surface area (Å²) in [6.45, 7) is 0.786. The second-order valence-corrected chi connectivity index (χ2v) is 5.75. The standard InChI is InChI=1S/C15H21NO/c1-17-15(8-9-15)10-12-2-4-13(5-3-12)14(11-16)6-7-14/h2-5H,6-11,16H2,1H3. The van der Waals surface area contributed by atoms with Crippen LogP contribution in [-0.2, 0) is 16.6 Å². The Kier molecular flexibility index (Phi) is 2.53. The van der Waals surface area contributed by atoms with Gasteiger partial charge in [0, 0.05) is 25.5 Å². The van der Waals surface area contributed by atoms with E-state index in [4.69, 9.17) is 10.5 Å². The molecule has 2 N–H and O–H groups in total. The quantitative estimate of drug-likeness (QED) is 0.844. The summed E-state index contributed by atoms with van der Waals surface area (Å²) in [6, 6.07) is 9.04. The fraction of sp³-hybridized carbons (Fsp3) is 0.600. The summed E-state index contributed by atoms with van der Waals surface area (Å²) < 4.78 is 5.56. The maximum atomic E-state index is 5.85. The molecule has 2 nitrogen and oxygen atoms in total. The highest BCUT2D eigenvalue weighted by Gasteiger charge is 2.44. The molecule has 2 aliphatic rings. The van der Waals surface area contributed by atoms with Crippen molar-refractivity contribution in [3.63, 3.8) is 0 Å². The molecule has 0 atom stereocenters. The zero-order valence-corrected chi connectivity index (χ0v) is 10.5. The smallest absolute Gasteiger partial charge is 0.0721 e. The Morgan fingerprint density at radius 1 is 1.12 bits per heavy atom. The molecule has 3 rings (SSSR count). The van der Waals surface area contributed by atoms with Gasteiger partial charge in [-0.05, 0) is 36.8 Å². The van der Waals surface area contributed by atoms with Gasteiger partial charge in [0.15, 0.2) is 0 Å². The molecule has 0 aromatic heterocycles. The fourth-order valence-corrected chi connectivity index (χ4v) is 2.70. The molecule has 17 heavy (non-hydrogen) atoms. The van der Waals surface area contributed by atoms with Crippen LogP contribution in [0.25, 0.3) is 0 Å². The molecule has 1 aromatic carbocycles. The van der Waals surface area contributed by atoms with Gasteiger partial charge in [0.2, 0.25) is 0 Å². The maximum Gasteiger partial charge on any atom is 0.0721 e. The highest BCUT2D eigenvalue weighted by atomic mass is 16.5. The summed E-state index contributed by atoms with van der Waals surface area (Å²) in [5, 5.41) is 0. The number of methoxy groups -OCH3 is 1. The molecule has 2 heteroatoms. The van der Waals surface area contributed by atoms with E-state index in [0.29, 0.717) is 5.41 Å². The second kappa shape index (κ2) is 3.82. The highest BCUT2D eigenvalue weighted by molar-refractivity contribution is 5.35. The third kappa shape index (κ3) is 2.00.